The molecule has 168 valence electrons. The van der Waals surface area contributed by atoms with Gasteiger partial charge in [0, 0.05) is 17.6 Å². The van der Waals surface area contributed by atoms with Crippen LogP contribution in [0.4, 0.5) is 4.39 Å². The van der Waals surface area contributed by atoms with Crippen molar-refractivity contribution in [3.8, 4) is 11.1 Å². The number of benzene rings is 3. The Bertz CT molecular complexity index is 1100. The van der Waals surface area contributed by atoms with E-state index in [0.717, 1.165) is 30.4 Å². The van der Waals surface area contributed by atoms with E-state index in [4.69, 9.17) is 11.6 Å². The fraction of sp³-hybridized carbons (Fsp3) is 0.240. The molecule has 32 heavy (non-hydrogen) atoms. The van der Waals surface area contributed by atoms with Gasteiger partial charge in [-0.3, -0.25) is 0 Å². The average Bonchev–Trinajstić information content (AvgIpc) is 2.77. The highest BCUT2D eigenvalue weighted by Gasteiger charge is 2.20. The van der Waals surface area contributed by atoms with Crippen LogP contribution in [0, 0.1) is 5.82 Å². The van der Waals surface area contributed by atoms with Crippen molar-refractivity contribution in [1.82, 2.24) is 5.32 Å². The Morgan fingerprint density at radius 2 is 1.75 bits per heavy atom. The Labute approximate surface area is 197 Å². The predicted molar refractivity (Wildman–Crippen MR) is 126 cm³/mol. The standard InChI is InChI=1S/C25H23ClFNO3.ClH/c26-20-7-3-16(4-8-20)24(29)14-28-21-9-5-15-1-2-17(11-19(15)12-21)18-6-10-23(27)22(13-18)25(30)31;/h1-4,6-8,10-11,13,21,24,28-29H,5,9,12,14H2,(H,30,31);1H/t21-,24+;/m0./s1. The first-order valence-electron chi connectivity index (χ1n) is 10.2. The number of aliphatic hydroxyl groups is 1. The molecule has 3 N–H and O–H groups in total. The van der Waals surface area contributed by atoms with Gasteiger partial charge in [0.2, 0.25) is 0 Å². The van der Waals surface area contributed by atoms with Crippen molar-refractivity contribution in [2.75, 3.05) is 6.54 Å². The van der Waals surface area contributed by atoms with E-state index in [1.807, 2.05) is 18.2 Å². The number of rotatable bonds is 6. The number of carboxylic acids is 1. The van der Waals surface area contributed by atoms with E-state index in [1.165, 1.54) is 23.3 Å². The lowest BCUT2D eigenvalue weighted by Gasteiger charge is -2.27. The van der Waals surface area contributed by atoms with Crippen molar-refractivity contribution in [2.24, 2.45) is 0 Å². The van der Waals surface area contributed by atoms with Gasteiger partial charge in [-0.05, 0) is 71.3 Å². The van der Waals surface area contributed by atoms with Crippen LogP contribution in [0.3, 0.4) is 0 Å². The molecule has 3 aromatic rings. The highest BCUT2D eigenvalue weighted by atomic mass is 35.5. The van der Waals surface area contributed by atoms with Crippen molar-refractivity contribution in [1.29, 1.82) is 0 Å². The molecule has 0 heterocycles. The van der Waals surface area contributed by atoms with Crippen LogP contribution in [0.25, 0.3) is 11.1 Å². The van der Waals surface area contributed by atoms with Crippen LogP contribution in [0.2, 0.25) is 5.02 Å². The zero-order valence-corrected chi connectivity index (χ0v) is 18.8. The third-order valence-electron chi connectivity index (χ3n) is 5.82. The molecule has 0 radical (unpaired) electrons. The van der Waals surface area contributed by atoms with E-state index in [-0.39, 0.29) is 24.0 Å². The number of fused-ring (bicyclic) bond motifs is 1. The van der Waals surface area contributed by atoms with Gasteiger partial charge in [0.25, 0.3) is 0 Å². The summed E-state index contributed by atoms with van der Waals surface area (Å²) in [6.45, 7) is 0.446. The minimum atomic E-state index is -1.28. The minimum Gasteiger partial charge on any atom is -0.478 e. The first-order chi connectivity index (χ1) is 14.9. The number of nitrogens with one attached hydrogen (secondary N) is 1. The second-order valence-electron chi connectivity index (χ2n) is 7.90. The zero-order chi connectivity index (χ0) is 22.0. The van der Waals surface area contributed by atoms with Gasteiger partial charge >= 0.3 is 5.97 Å². The molecule has 0 saturated carbocycles. The van der Waals surface area contributed by atoms with Gasteiger partial charge in [-0.2, -0.15) is 0 Å². The molecule has 4 rings (SSSR count). The number of hydrogen-bond donors (Lipinski definition) is 3. The van der Waals surface area contributed by atoms with Gasteiger partial charge in [-0.1, -0.05) is 48.0 Å². The second kappa shape index (κ2) is 10.5. The lowest BCUT2D eigenvalue weighted by Crippen LogP contribution is -2.37. The molecule has 3 aromatic carbocycles. The Hall–Kier alpha value is -2.44. The minimum absolute atomic E-state index is 0. The summed E-state index contributed by atoms with van der Waals surface area (Å²) >= 11 is 5.91. The Morgan fingerprint density at radius 1 is 1.06 bits per heavy atom. The van der Waals surface area contributed by atoms with E-state index in [9.17, 15) is 19.4 Å². The lowest BCUT2D eigenvalue weighted by molar-refractivity contribution is 0.0692. The smallest absolute Gasteiger partial charge is 0.338 e. The summed E-state index contributed by atoms with van der Waals surface area (Å²) in [4.78, 5) is 11.3. The van der Waals surface area contributed by atoms with Crippen LogP contribution in [0.15, 0.2) is 60.7 Å². The molecule has 0 spiro atoms. The number of carbonyl (C=O) groups is 1. The van der Waals surface area contributed by atoms with Gasteiger partial charge in [-0.25, -0.2) is 9.18 Å². The molecule has 7 heteroatoms. The summed E-state index contributed by atoms with van der Waals surface area (Å²) in [5.41, 5.74) is 4.48. The van der Waals surface area contributed by atoms with Crippen LogP contribution in [0.1, 0.15) is 39.6 Å². The van der Waals surface area contributed by atoms with E-state index >= 15 is 0 Å². The normalized spacial score (nSPS) is 16.0. The molecule has 2 atom stereocenters. The first kappa shape index (κ1) is 24.2. The number of aryl methyl sites for hydroxylation is 1. The van der Waals surface area contributed by atoms with Gasteiger partial charge in [0.05, 0.1) is 11.7 Å². The van der Waals surface area contributed by atoms with Gasteiger partial charge in [0.15, 0.2) is 0 Å². The van der Waals surface area contributed by atoms with E-state index in [2.05, 4.69) is 17.4 Å². The number of carboxylic acid groups (broad SMARTS) is 1. The predicted octanol–water partition coefficient (Wildman–Crippen LogP) is 5.45. The molecular formula is C25H24Cl2FNO3. The van der Waals surface area contributed by atoms with Crippen LogP contribution in [0.5, 0.6) is 0 Å². The largest absolute Gasteiger partial charge is 0.478 e. The van der Waals surface area contributed by atoms with Crippen molar-refractivity contribution < 1.29 is 19.4 Å². The fourth-order valence-corrected chi connectivity index (χ4v) is 4.19. The summed E-state index contributed by atoms with van der Waals surface area (Å²) in [5.74, 6) is -2.02. The van der Waals surface area contributed by atoms with Crippen molar-refractivity contribution in [2.45, 2.75) is 31.4 Å². The van der Waals surface area contributed by atoms with Crippen LogP contribution in [-0.4, -0.2) is 28.8 Å². The summed E-state index contributed by atoms with van der Waals surface area (Å²) in [6, 6.07) is 17.7. The summed E-state index contributed by atoms with van der Waals surface area (Å²) < 4.78 is 13.7. The molecule has 0 saturated heterocycles. The SMILES string of the molecule is Cl.O=C(O)c1cc(-c2ccc3c(c2)C[C@@H](NC[C@@H](O)c2ccc(Cl)cc2)CC3)ccc1F. The van der Waals surface area contributed by atoms with Gasteiger partial charge < -0.3 is 15.5 Å². The maximum Gasteiger partial charge on any atom is 0.338 e. The lowest BCUT2D eigenvalue weighted by atomic mass is 9.86. The molecular weight excluding hydrogens is 452 g/mol. The number of aromatic carboxylic acids is 1. The first-order valence-corrected chi connectivity index (χ1v) is 10.6. The van der Waals surface area contributed by atoms with Crippen LogP contribution in [-0.2, 0) is 12.8 Å². The van der Waals surface area contributed by atoms with Crippen molar-refractivity contribution in [3.05, 3.63) is 93.8 Å². The van der Waals surface area contributed by atoms with E-state index in [0.29, 0.717) is 17.1 Å². The van der Waals surface area contributed by atoms with Crippen molar-refractivity contribution >= 4 is 30.0 Å². The highest BCUT2D eigenvalue weighted by Crippen LogP contribution is 2.29. The molecule has 0 aliphatic heterocycles. The van der Waals surface area contributed by atoms with Crippen LogP contribution < -0.4 is 5.32 Å². The third-order valence-corrected chi connectivity index (χ3v) is 6.07. The van der Waals surface area contributed by atoms with Crippen LogP contribution >= 0.6 is 24.0 Å². The topological polar surface area (TPSA) is 69.6 Å². The zero-order valence-electron chi connectivity index (χ0n) is 17.2. The number of hydrogen-bond acceptors (Lipinski definition) is 3. The quantitative estimate of drug-likeness (QED) is 0.443. The maximum atomic E-state index is 13.7. The van der Waals surface area contributed by atoms with E-state index in [1.54, 1.807) is 18.2 Å². The van der Waals surface area contributed by atoms with Gasteiger partial charge in [0.1, 0.15) is 5.82 Å². The number of halogens is 3. The Morgan fingerprint density at radius 3 is 2.47 bits per heavy atom. The Balaban J connectivity index is 0.00000289. The molecule has 0 bridgehead atoms. The fourth-order valence-electron chi connectivity index (χ4n) is 4.06. The summed E-state index contributed by atoms with van der Waals surface area (Å²) in [5, 5.41) is 23.7. The Kier molecular flexibility index (Phi) is 7.91. The van der Waals surface area contributed by atoms with Gasteiger partial charge in [-0.15, -0.1) is 12.4 Å². The molecule has 1 aliphatic rings. The molecule has 0 unspecified atom stereocenters. The maximum absolute atomic E-state index is 13.7. The second-order valence-corrected chi connectivity index (χ2v) is 8.34. The summed E-state index contributed by atoms with van der Waals surface area (Å²) in [6.07, 6.45) is 2.09. The molecule has 0 amide bonds. The monoisotopic (exact) mass is 475 g/mol. The number of aliphatic hydroxyl groups excluding tert-OH is 1. The van der Waals surface area contributed by atoms with E-state index < -0.39 is 17.9 Å². The summed E-state index contributed by atoms with van der Waals surface area (Å²) in [7, 11) is 0. The molecule has 0 aromatic heterocycles. The third kappa shape index (κ3) is 5.48. The van der Waals surface area contributed by atoms with Crippen molar-refractivity contribution in [3.63, 3.8) is 0 Å². The molecule has 4 nitrogen and oxygen atoms in total. The highest BCUT2D eigenvalue weighted by molar-refractivity contribution is 6.30. The average molecular weight is 476 g/mol. The molecule has 0 fully saturated rings. The molecule has 1 aliphatic carbocycles.